The van der Waals surface area contributed by atoms with Crippen LogP contribution < -0.4 is 5.32 Å². The molecule has 1 N–H and O–H groups in total. The molecule has 0 aromatic rings. The van der Waals surface area contributed by atoms with Crippen molar-refractivity contribution in [3.05, 3.63) is 0 Å². The van der Waals surface area contributed by atoms with Gasteiger partial charge in [-0.05, 0) is 26.0 Å². The van der Waals surface area contributed by atoms with Gasteiger partial charge in [0.2, 0.25) is 0 Å². The van der Waals surface area contributed by atoms with Gasteiger partial charge in [-0.1, -0.05) is 13.8 Å². The summed E-state index contributed by atoms with van der Waals surface area (Å²) in [5, 5.41) is 3.23. The van der Waals surface area contributed by atoms with Gasteiger partial charge in [-0.25, -0.2) is 0 Å². The highest BCUT2D eigenvalue weighted by atomic mass is 32.2. The zero-order valence-electron chi connectivity index (χ0n) is 10.4. The standard InChI is InChI=1S/C11H23NO2S/c1-6-11(7-2,15-5)8-12-9(3)10(13)14-4/h9,12H,6-8H2,1-5H3. The summed E-state index contributed by atoms with van der Waals surface area (Å²) in [6.07, 6.45) is 4.33. The fourth-order valence-corrected chi connectivity index (χ4v) is 2.27. The molecule has 0 fully saturated rings. The van der Waals surface area contributed by atoms with Crippen LogP contribution in [0, 0.1) is 0 Å². The molecule has 0 heterocycles. The van der Waals surface area contributed by atoms with Crippen molar-refractivity contribution in [3.63, 3.8) is 0 Å². The van der Waals surface area contributed by atoms with Crippen molar-refractivity contribution < 1.29 is 9.53 Å². The maximum absolute atomic E-state index is 11.2. The van der Waals surface area contributed by atoms with E-state index < -0.39 is 0 Å². The first-order valence-electron chi connectivity index (χ1n) is 5.41. The van der Waals surface area contributed by atoms with Crippen molar-refractivity contribution in [3.8, 4) is 0 Å². The zero-order valence-corrected chi connectivity index (χ0v) is 11.2. The van der Waals surface area contributed by atoms with Crippen molar-refractivity contribution in [2.24, 2.45) is 0 Å². The molecule has 0 aromatic carbocycles. The minimum Gasteiger partial charge on any atom is -0.468 e. The summed E-state index contributed by atoms with van der Waals surface area (Å²) in [5.74, 6) is -0.197. The largest absolute Gasteiger partial charge is 0.468 e. The highest BCUT2D eigenvalue weighted by molar-refractivity contribution is 8.00. The van der Waals surface area contributed by atoms with Crippen LogP contribution in [0.15, 0.2) is 0 Å². The average Bonchev–Trinajstić information content (AvgIpc) is 2.30. The van der Waals surface area contributed by atoms with Gasteiger partial charge in [0.05, 0.1) is 7.11 Å². The van der Waals surface area contributed by atoms with E-state index in [1.165, 1.54) is 7.11 Å². The Labute approximate surface area is 97.3 Å². The van der Waals surface area contributed by atoms with E-state index in [9.17, 15) is 4.79 Å². The predicted molar refractivity (Wildman–Crippen MR) is 66.3 cm³/mol. The first kappa shape index (κ1) is 14.8. The molecule has 0 spiro atoms. The van der Waals surface area contributed by atoms with E-state index in [4.69, 9.17) is 0 Å². The van der Waals surface area contributed by atoms with Crippen LogP contribution in [0.2, 0.25) is 0 Å². The molecule has 0 rings (SSSR count). The third kappa shape index (κ3) is 4.43. The van der Waals surface area contributed by atoms with Crippen LogP contribution in [0.25, 0.3) is 0 Å². The number of hydrogen-bond donors (Lipinski definition) is 1. The number of esters is 1. The van der Waals surface area contributed by atoms with Crippen LogP contribution in [0.1, 0.15) is 33.6 Å². The first-order chi connectivity index (χ1) is 7.05. The summed E-state index contributed by atoms with van der Waals surface area (Å²) in [5.41, 5.74) is 0. The summed E-state index contributed by atoms with van der Waals surface area (Å²) < 4.78 is 4.91. The molecule has 1 atom stereocenters. The third-order valence-electron chi connectivity index (χ3n) is 3.01. The molecule has 3 nitrogen and oxygen atoms in total. The van der Waals surface area contributed by atoms with E-state index in [1.54, 1.807) is 0 Å². The summed E-state index contributed by atoms with van der Waals surface area (Å²) in [4.78, 5) is 11.2. The summed E-state index contributed by atoms with van der Waals surface area (Å²) in [6.45, 7) is 7.05. The van der Waals surface area contributed by atoms with Crippen LogP contribution in [-0.4, -0.2) is 36.7 Å². The van der Waals surface area contributed by atoms with Gasteiger partial charge < -0.3 is 10.1 Å². The Morgan fingerprint density at radius 3 is 2.33 bits per heavy atom. The summed E-state index contributed by atoms with van der Waals surface area (Å²) in [6, 6.07) is -0.223. The highest BCUT2D eigenvalue weighted by Crippen LogP contribution is 2.29. The lowest BCUT2D eigenvalue weighted by atomic mass is 10.0. The molecule has 1 unspecified atom stereocenters. The molecule has 0 saturated heterocycles. The predicted octanol–water partition coefficient (Wildman–Crippen LogP) is 2.06. The Kier molecular flexibility index (Phi) is 7.02. The zero-order chi connectivity index (χ0) is 11.9. The fraction of sp³-hybridized carbons (Fsp3) is 0.909. The second kappa shape index (κ2) is 7.12. The monoisotopic (exact) mass is 233 g/mol. The Bertz CT molecular complexity index is 185. The third-order valence-corrected chi connectivity index (χ3v) is 4.59. The fourth-order valence-electron chi connectivity index (χ4n) is 1.46. The molecule has 15 heavy (non-hydrogen) atoms. The minimum absolute atomic E-state index is 0.197. The topological polar surface area (TPSA) is 38.3 Å². The number of hydrogen-bond acceptors (Lipinski definition) is 4. The molecule has 0 bridgehead atoms. The van der Waals surface area contributed by atoms with Crippen LogP contribution in [0.4, 0.5) is 0 Å². The van der Waals surface area contributed by atoms with E-state index in [2.05, 4.69) is 30.2 Å². The molecule has 0 radical (unpaired) electrons. The first-order valence-corrected chi connectivity index (χ1v) is 6.64. The van der Waals surface area contributed by atoms with Crippen molar-refractivity contribution in [2.45, 2.75) is 44.4 Å². The molecule has 0 saturated carbocycles. The molecule has 0 aliphatic rings. The second-order valence-corrected chi connectivity index (χ2v) is 4.99. The number of rotatable bonds is 7. The lowest BCUT2D eigenvalue weighted by Crippen LogP contribution is -2.44. The van der Waals surface area contributed by atoms with Gasteiger partial charge in [-0.2, -0.15) is 11.8 Å². The number of thioether (sulfide) groups is 1. The highest BCUT2D eigenvalue weighted by Gasteiger charge is 2.26. The van der Waals surface area contributed by atoms with Crippen LogP contribution in [0.3, 0.4) is 0 Å². The van der Waals surface area contributed by atoms with Crippen molar-refractivity contribution in [1.29, 1.82) is 0 Å². The SMILES string of the molecule is CCC(CC)(CNC(C)C(=O)OC)SC. The Balaban J connectivity index is 4.16. The van der Waals surface area contributed by atoms with Crippen molar-refractivity contribution >= 4 is 17.7 Å². The van der Waals surface area contributed by atoms with Gasteiger partial charge >= 0.3 is 5.97 Å². The van der Waals surface area contributed by atoms with Crippen LogP contribution in [-0.2, 0) is 9.53 Å². The Hall–Kier alpha value is -0.220. The van der Waals surface area contributed by atoms with E-state index in [-0.39, 0.29) is 16.8 Å². The van der Waals surface area contributed by atoms with Crippen molar-refractivity contribution in [1.82, 2.24) is 5.32 Å². The Morgan fingerprint density at radius 2 is 2.00 bits per heavy atom. The van der Waals surface area contributed by atoms with E-state index >= 15 is 0 Å². The van der Waals surface area contributed by atoms with Gasteiger partial charge in [0.15, 0.2) is 0 Å². The second-order valence-electron chi connectivity index (χ2n) is 3.72. The molecule has 4 heteroatoms. The molecule has 90 valence electrons. The van der Waals surface area contributed by atoms with Crippen molar-refractivity contribution in [2.75, 3.05) is 19.9 Å². The minimum atomic E-state index is -0.223. The molecule has 0 amide bonds. The molecule has 0 aliphatic heterocycles. The maximum atomic E-state index is 11.2. The normalized spacial score (nSPS) is 13.7. The molecular formula is C11H23NO2S. The lowest BCUT2D eigenvalue weighted by molar-refractivity contribution is -0.142. The number of carbonyl (C=O) groups is 1. The van der Waals surface area contributed by atoms with Gasteiger partial charge in [-0.3, -0.25) is 4.79 Å². The van der Waals surface area contributed by atoms with Gasteiger partial charge in [0, 0.05) is 11.3 Å². The Morgan fingerprint density at radius 1 is 1.47 bits per heavy atom. The molecule has 0 aliphatic carbocycles. The van der Waals surface area contributed by atoms with Gasteiger partial charge in [0.1, 0.15) is 6.04 Å². The van der Waals surface area contributed by atoms with E-state index in [0.717, 1.165) is 19.4 Å². The number of nitrogens with one attached hydrogen (secondary N) is 1. The number of carbonyl (C=O) groups excluding carboxylic acids is 1. The van der Waals surface area contributed by atoms with Crippen LogP contribution in [0.5, 0.6) is 0 Å². The molecular weight excluding hydrogens is 210 g/mol. The average molecular weight is 233 g/mol. The lowest BCUT2D eigenvalue weighted by Gasteiger charge is -2.31. The van der Waals surface area contributed by atoms with Gasteiger partial charge in [-0.15, -0.1) is 0 Å². The summed E-state index contributed by atoms with van der Waals surface area (Å²) >= 11 is 1.86. The maximum Gasteiger partial charge on any atom is 0.322 e. The molecule has 0 aromatic heterocycles. The van der Waals surface area contributed by atoms with E-state index in [1.807, 2.05) is 18.7 Å². The number of ether oxygens (including phenoxy) is 1. The van der Waals surface area contributed by atoms with Crippen LogP contribution >= 0.6 is 11.8 Å². The quantitative estimate of drug-likeness (QED) is 0.683. The van der Waals surface area contributed by atoms with E-state index in [0.29, 0.717) is 0 Å². The smallest absolute Gasteiger partial charge is 0.322 e. The van der Waals surface area contributed by atoms with Gasteiger partial charge in [0.25, 0.3) is 0 Å². The summed E-state index contributed by atoms with van der Waals surface area (Å²) in [7, 11) is 1.42. The number of methoxy groups -OCH3 is 1.